The topological polar surface area (TPSA) is 83.5 Å². The second kappa shape index (κ2) is 4.89. The lowest BCUT2D eigenvalue weighted by molar-refractivity contribution is 0.0698. The molecule has 2 N–H and O–H groups in total. The van der Waals surface area contributed by atoms with E-state index in [1.54, 1.807) is 24.3 Å². The molecule has 0 amide bonds. The lowest BCUT2D eigenvalue weighted by atomic mass is 10.1. The number of benzene rings is 2. The van der Waals surface area contributed by atoms with Gasteiger partial charge in [0.2, 0.25) is 10.0 Å². The molecule has 0 radical (unpaired) electrons. The van der Waals surface area contributed by atoms with Crippen molar-refractivity contribution in [1.82, 2.24) is 0 Å². The maximum Gasteiger partial charge on any atom is 0.337 e. The van der Waals surface area contributed by atoms with E-state index in [1.807, 2.05) is 0 Å². The molecule has 2 rings (SSSR count). The molecule has 2 aromatic carbocycles. The molecule has 0 fully saturated rings. The van der Waals surface area contributed by atoms with E-state index in [0.29, 0.717) is 0 Å². The largest absolute Gasteiger partial charge is 0.478 e. The van der Waals surface area contributed by atoms with Crippen molar-refractivity contribution in [3.63, 3.8) is 0 Å². The Bertz CT molecular complexity index is 737. The molecule has 19 heavy (non-hydrogen) atoms. The number of aromatic carboxylic acids is 1. The number of carbonyl (C=O) groups is 1. The van der Waals surface area contributed by atoms with Crippen molar-refractivity contribution in [2.75, 3.05) is 10.5 Å². The van der Waals surface area contributed by atoms with Crippen LogP contribution in [0, 0.1) is 0 Å². The van der Waals surface area contributed by atoms with Crippen molar-refractivity contribution < 1.29 is 18.3 Å². The molecule has 5 nitrogen and oxygen atoms in total. The summed E-state index contributed by atoms with van der Waals surface area (Å²) in [7, 11) is -3.51. The third-order valence-corrected chi connectivity index (χ3v) is 4.05. The minimum absolute atomic E-state index is 0.0595. The van der Waals surface area contributed by atoms with Crippen LogP contribution in [0.4, 0.5) is 5.69 Å². The second-order valence-electron chi connectivity index (χ2n) is 4.06. The predicted molar refractivity (Wildman–Crippen MR) is 74.0 cm³/mol. The van der Waals surface area contributed by atoms with Crippen molar-refractivity contribution in [2.24, 2.45) is 0 Å². The molecule has 0 aliphatic rings. The van der Waals surface area contributed by atoms with Crippen LogP contribution in [0.5, 0.6) is 0 Å². The molecule has 0 saturated carbocycles. The Morgan fingerprint density at radius 3 is 2.32 bits per heavy atom. The molecule has 0 aliphatic heterocycles. The van der Waals surface area contributed by atoms with Crippen LogP contribution in [0.15, 0.2) is 36.4 Å². The summed E-state index contributed by atoms with van der Waals surface area (Å²) in [4.78, 5) is 11.2. The van der Waals surface area contributed by atoms with E-state index in [9.17, 15) is 13.2 Å². The first-order chi connectivity index (χ1) is 8.93. The Kier molecular flexibility index (Phi) is 3.44. The van der Waals surface area contributed by atoms with Crippen LogP contribution in [0.25, 0.3) is 10.8 Å². The quantitative estimate of drug-likeness (QED) is 0.899. The molecule has 0 bridgehead atoms. The van der Waals surface area contributed by atoms with Crippen LogP contribution in [0.1, 0.15) is 17.3 Å². The second-order valence-corrected chi connectivity index (χ2v) is 6.07. The number of sulfonamides is 1. The molecule has 0 spiro atoms. The van der Waals surface area contributed by atoms with E-state index in [2.05, 4.69) is 4.72 Å². The van der Waals surface area contributed by atoms with Gasteiger partial charge in [-0.05, 0) is 29.8 Å². The van der Waals surface area contributed by atoms with Gasteiger partial charge in [0.1, 0.15) is 0 Å². The SMILES string of the molecule is CCS(=O)(=O)Nc1cc2ccccc2cc1C(=O)O. The smallest absolute Gasteiger partial charge is 0.337 e. The molecule has 0 aliphatic carbocycles. The molecule has 0 heterocycles. The van der Waals surface area contributed by atoms with Crippen LogP contribution in [-0.2, 0) is 10.0 Å². The van der Waals surface area contributed by atoms with Gasteiger partial charge in [0.25, 0.3) is 0 Å². The summed E-state index contributed by atoms with van der Waals surface area (Å²) in [6.07, 6.45) is 0. The number of anilines is 1. The highest BCUT2D eigenvalue weighted by molar-refractivity contribution is 7.92. The minimum Gasteiger partial charge on any atom is -0.478 e. The van der Waals surface area contributed by atoms with Gasteiger partial charge in [0.15, 0.2) is 0 Å². The number of rotatable bonds is 4. The molecule has 6 heteroatoms. The van der Waals surface area contributed by atoms with Crippen molar-refractivity contribution in [1.29, 1.82) is 0 Å². The highest BCUT2D eigenvalue weighted by Crippen LogP contribution is 2.25. The van der Waals surface area contributed by atoms with Crippen molar-refractivity contribution in [2.45, 2.75) is 6.92 Å². The molecule has 0 unspecified atom stereocenters. The number of hydrogen-bond donors (Lipinski definition) is 2. The number of hydrogen-bond acceptors (Lipinski definition) is 3. The van der Waals surface area contributed by atoms with Gasteiger partial charge in [-0.3, -0.25) is 4.72 Å². The highest BCUT2D eigenvalue weighted by Gasteiger charge is 2.15. The third kappa shape index (κ3) is 2.85. The third-order valence-electron chi connectivity index (χ3n) is 2.76. The normalized spacial score (nSPS) is 11.4. The molecular formula is C13H13NO4S. The summed E-state index contributed by atoms with van der Waals surface area (Å²) in [6.45, 7) is 1.49. The van der Waals surface area contributed by atoms with Crippen LogP contribution in [0.3, 0.4) is 0 Å². The molecule has 0 saturated heterocycles. The van der Waals surface area contributed by atoms with Gasteiger partial charge in [-0.1, -0.05) is 24.3 Å². The Labute approximate surface area is 110 Å². The first-order valence-corrected chi connectivity index (χ1v) is 7.35. The van der Waals surface area contributed by atoms with Gasteiger partial charge in [0, 0.05) is 0 Å². The van der Waals surface area contributed by atoms with Gasteiger partial charge in [0.05, 0.1) is 17.0 Å². The fraction of sp³-hybridized carbons (Fsp3) is 0.154. The fourth-order valence-corrected chi connectivity index (χ4v) is 2.39. The predicted octanol–water partition coefficient (Wildman–Crippen LogP) is 2.30. The van der Waals surface area contributed by atoms with E-state index < -0.39 is 16.0 Å². The van der Waals surface area contributed by atoms with Crippen LogP contribution >= 0.6 is 0 Å². The molecule has 0 aromatic heterocycles. The lowest BCUT2D eigenvalue weighted by Gasteiger charge is -2.10. The summed E-state index contributed by atoms with van der Waals surface area (Å²) in [5, 5.41) is 10.7. The number of fused-ring (bicyclic) bond motifs is 1. The Morgan fingerprint density at radius 1 is 1.21 bits per heavy atom. The van der Waals surface area contributed by atoms with E-state index in [-0.39, 0.29) is 17.0 Å². The molecule has 100 valence electrons. The maximum absolute atomic E-state index is 11.6. The van der Waals surface area contributed by atoms with Crippen LogP contribution in [0.2, 0.25) is 0 Å². The zero-order chi connectivity index (χ0) is 14.0. The van der Waals surface area contributed by atoms with Crippen LogP contribution in [-0.4, -0.2) is 25.2 Å². The van der Waals surface area contributed by atoms with E-state index in [0.717, 1.165) is 10.8 Å². The summed E-state index contributed by atoms with van der Waals surface area (Å²) >= 11 is 0. The maximum atomic E-state index is 11.6. The number of carboxylic acid groups (broad SMARTS) is 1. The average molecular weight is 279 g/mol. The summed E-state index contributed by atoms with van der Waals surface area (Å²) < 4.78 is 25.5. The molecular weight excluding hydrogens is 266 g/mol. The van der Waals surface area contributed by atoms with E-state index >= 15 is 0 Å². The Hall–Kier alpha value is -2.08. The van der Waals surface area contributed by atoms with Crippen molar-refractivity contribution in [3.8, 4) is 0 Å². The Balaban J connectivity index is 2.63. The van der Waals surface area contributed by atoms with Gasteiger partial charge in [-0.15, -0.1) is 0 Å². The minimum atomic E-state index is -3.51. The number of nitrogens with one attached hydrogen (secondary N) is 1. The van der Waals surface area contributed by atoms with Crippen molar-refractivity contribution >= 4 is 32.5 Å². The monoisotopic (exact) mass is 279 g/mol. The van der Waals surface area contributed by atoms with Gasteiger partial charge in [-0.2, -0.15) is 0 Å². The summed E-state index contributed by atoms with van der Waals surface area (Å²) in [6, 6.07) is 10.2. The summed E-state index contributed by atoms with van der Waals surface area (Å²) in [5.41, 5.74) is 0.0313. The standard InChI is InChI=1S/C13H13NO4S/c1-2-19(17,18)14-12-8-10-6-4-3-5-9(10)7-11(12)13(15)16/h3-8,14H,2H2,1H3,(H,15,16). The molecule has 2 aromatic rings. The summed E-state index contributed by atoms with van der Waals surface area (Å²) in [5.74, 6) is -1.28. The highest BCUT2D eigenvalue weighted by atomic mass is 32.2. The average Bonchev–Trinajstić information content (AvgIpc) is 2.37. The number of carboxylic acids is 1. The molecule has 0 atom stereocenters. The first kappa shape index (κ1) is 13.4. The van der Waals surface area contributed by atoms with Gasteiger partial charge >= 0.3 is 5.97 Å². The zero-order valence-corrected chi connectivity index (χ0v) is 11.1. The van der Waals surface area contributed by atoms with Crippen molar-refractivity contribution in [3.05, 3.63) is 42.0 Å². The Morgan fingerprint density at radius 2 is 1.79 bits per heavy atom. The van der Waals surface area contributed by atoms with E-state index in [4.69, 9.17) is 5.11 Å². The fourth-order valence-electron chi connectivity index (χ4n) is 1.74. The van der Waals surface area contributed by atoms with Gasteiger partial charge in [-0.25, -0.2) is 13.2 Å². The first-order valence-electron chi connectivity index (χ1n) is 5.69. The zero-order valence-electron chi connectivity index (χ0n) is 10.3. The van der Waals surface area contributed by atoms with Crippen LogP contribution < -0.4 is 4.72 Å². The van der Waals surface area contributed by atoms with E-state index in [1.165, 1.54) is 19.1 Å². The lowest BCUT2D eigenvalue weighted by Crippen LogP contribution is -2.17. The van der Waals surface area contributed by atoms with Gasteiger partial charge < -0.3 is 5.11 Å².